The summed E-state index contributed by atoms with van der Waals surface area (Å²) in [4.78, 5) is 27.7. The van der Waals surface area contributed by atoms with Gasteiger partial charge in [0.05, 0.1) is 36.4 Å². The summed E-state index contributed by atoms with van der Waals surface area (Å²) in [6.07, 6.45) is 0. The fourth-order valence-corrected chi connectivity index (χ4v) is 4.30. The number of anilines is 1. The number of Topliss-reactive ketones (excluding diaryl/α,β-unsaturated/α-hetero) is 1. The van der Waals surface area contributed by atoms with Crippen LogP contribution in [0.5, 0.6) is 17.2 Å². The van der Waals surface area contributed by atoms with Crippen LogP contribution in [0.3, 0.4) is 0 Å². The maximum absolute atomic E-state index is 13.3. The van der Waals surface area contributed by atoms with Gasteiger partial charge < -0.3 is 19.7 Å². The van der Waals surface area contributed by atoms with Crippen molar-refractivity contribution in [2.75, 3.05) is 19.1 Å². The van der Waals surface area contributed by atoms with E-state index in [2.05, 4.69) is 0 Å². The van der Waals surface area contributed by atoms with Gasteiger partial charge >= 0.3 is 0 Å². The first-order valence-corrected chi connectivity index (χ1v) is 10.8. The third-order valence-electron chi connectivity index (χ3n) is 5.47. The van der Waals surface area contributed by atoms with Gasteiger partial charge in [0, 0.05) is 16.8 Å². The molecule has 0 radical (unpaired) electrons. The number of carbonyl (C=O) groups is 2. The Bertz CT molecular complexity index is 1320. The molecule has 0 bridgehead atoms. The maximum Gasteiger partial charge on any atom is 0.300 e. The number of aliphatic hydroxyl groups excluding tert-OH is 1. The van der Waals surface area contributed by atoms with Crippen LogP contribution in [0.1, 0.15) is 17.2 Å². The molecule has 1 saturated heterocycles. The van der Waals surface area contributed by atoms with Gasteiger partial charge in [-0.25, -0.2) is 0 Å². The number of phenolic OH excluding ortho intramolecular Hbond substituents is 1. The van der Waals surface area contributed by atoms with Crippen molar-refractivity contribution in [2.45, 2.75) is 6.04 Å². The first kappa shape index (κ1) is 23.5. The molecule has 2 N–H and O–H groups in total. The second-order valence-corrected chi connectivity index (χ2v) is 8.27. The Labute approximate surface area is 205 Å². The second-order valence-electron chi connectivity index (χ2n) is 7.43. The van der Waals surface area contributed by atoms with E-state index in [1.165, 1.54) is 43.4 Å². The summed E-state index contributed by atoms with van der Waals surface area (Å²) in [5.41, 5.74) is 0.806. The highest BCUT2D eigenvalue weighted by Gasteiger charge is 2.47. The lowest BCUT2D eigenvalue weighted by Gasteiger charge is -2.25. The monoisotopic (exact) mass is 499 g/mol. The average Bonchev–Trinajstić information content (AvgIpc) is 3.09. The Balaban J connectivity index is 2.00. The smallest absolute Gasteiger partial charge is 0.300 e. The molecule has 0 spiro atoms. The predicted octanol–water partition coefficient (Wildman–Crippen LogP) is 5.34. The fraction of sp³-hybridized carbons (Fsp3) is 0.120. The minimum Gasteiger partial charge on any atom is -0.508 e. The maximum atomic E-state index is 13.3. The molecule has 174 valence electrons. The van der Waals surface area contributed by atoms with Crippen LogP contribution < -0.4 is 14.4 Å². The van der Waals surface area contributed by atoms with Crippen molar-refractivity contribution in [3.8, 4) is 17.2 Å². The van der Waals surface area contributed by atoms with Crippen molar-refractivity contribution in [1.82, 2.24) is 0 Å². The number of ether oxygens (including phenoxy) is 2. The van der Waals surface area contributed by atoms with E-state index in [0.29, 0.717) is 16.3 Å². The molecular weight excluding hydrogens is 481 g/mol. The van der Waals surface area contributed by atoms with Crippen LogP contribution in [0.25, 0.3) is 5.76 Å². The van der Waals surface area contributed by atoms with E-state index >= 15 is 0 Å². The zero-order valence-corrected chi connectivity index (χ0v) is 19.6. The molecule has 1 aliphatic heterocycles. The molecule has 1 atom stereocenters. The normalized spacial score (nSPS) is 17.2. The fourth-order valence-electron chi connectivity index (χ4n) is 3.89. The van der Waals surface area contributed by atoms with E-state index in [9.17, 15) is 19.8 Å². The lowest BCUT2D eigenvalue weighted by Crippen LogP contribution is -2.29. The summed E-state index contributed by atoms with van der Waals surface area (Å²) in [5.74, 6) is -1.77. The number of aliphatic hydroxyl groups is 1. The molecule has 3 aromatic carbocycles. The highest BCUT2D eigenvalue weighted by atomic mass is 35.5. The molecule has 1 amide bonds. The molecule has 3 aromatic rings. The summed E-state index contributed by atoms with van der Waals surface area (Å²) >= 11 is 12.3. The van der Waals surface area contributed by atoms with Crippen LogP contribution in [0.15, 0.2) is 66.2 Å². The molecule has 0 saturated carbocycles. The van der Waals surface area contributed by atoms with Gasteiger partial charge in [-0.2, -0.15) is 0 Å². The second kappa shape index (κ2) is 9.29. The number of hydrogen-bond donors (Lipinski definition) is 2. The summed E-state index contributed by atoms with van der Waals surface area (Å²) in [7, 11) is 2.79. The SMILES string of the molecule is COc1cc(/C(O)=C2\C(=O)C(=O)N(c3cccc(Cl)c3)C2c2ccc(O)cc2)c(OC)cc1Cl. The third kappa shape index (κ3) is 4.04. The number of hydrogen-bond acceptors (Lipinski definition) is 6. The molecule has 1 fully saturated rings. The van der Waals surface area contributed by atoms with E-state index in [1.54, 1.807) is 36.4 Å². The number of benzene rings is 3. The highest BCUT2D eigenvalue weighted by molar-refractivity contribution is 6.52. The number of halogens is 2. The third-order valence-corrected chi connectivity index (χ3v) is 6.00. The Morgan fingerprint density at radius 1 is 0.941 bits per heavy atom. The van der Waals surface area contributed by atoms with E-state index in [0.717, 1.165) is 0 Å². The Morgan fingerprint density at radius 3 is 2.24 bits per heavy atom. The van der Waals surface area contributed by atoms with Crippen molar-refractivity contribution in [3.05, 3.63) is 87.4 Å². The summed E-state index contributed by atoms with van der Waals surface area (Å²) in [6, 6.07) is 14.3. The largest absolute Gasteiger partial charge is 0.508 e. The van der Waals surface area contributed by atoms with Crippen molar-refractivity contribution >= 4 is 46.3 Å². The predicted molar refractivity (Wildman–Crippen MR) is 129 cm³/mol. The number of nitrogens with zero attached hydrogens (tertiary/aromatic N) is 1. The van der Waals surface area contributed by atoms with Crippen molar-refractivity contribution < 1.29 is 29.3 Å². The van der Waals surface area contributed by atoms with E-state index < -0.39 is 23.5 Å². The average molecular weight is 500 g/mol. The molecule has 1 heterocycles. The number of methoxy groups -OCH3 is 2. The lowest BCUT2D eigenvalue weighted by atomic mass is 9.94. The molecule has 1 unspecified atom stereocenters. The minimum absolute atomic E-state index is 0.00700. The molecule has 7 nitrogen and oxygen atoms in total. The number of carbonyl (C=O) groups excluding carboxylic acids is 2. The van der Waals surface area contributed by atoms with Crippen LogP contribution in [-0.2, 0) is 9.59 Å². The van der Waals surface area contributed by atoms with Gasteiger partial charge in [-0.05, 0) is 42.0 Å². The van der Waals surface area contributed by atoms with Gasteiger partial charge in [-0.1, -0.05) is 41.4 Å². The van der Waals surface area contributed by atoms with Gasteiger partial charge in [0.15, 0.2) is 0 Å². The lowest BCUT2D eigenvalue weighted by molar-refractivity contribution is -0.132. The topological polar surface area (TPSA) is 96.3 Å². The zero-order valence-electron chi connectivity index (χ0n) is 18.1. The summed E-state index contributed by atoms with van der Waals surface area (Å²) in [6.45, 7) is 0. The van der Waals surface area contributed by atoms with Crippen LogP contribution in [0.4, 0.5) is 5.69 Å². The van der Waals surface area contributed by atoms with Crippen molar-refractivity contribution in [1.29, 1.82) is 0 Å². The highest BCUT2D eigenvalue weighted by Crippen LogP contribution is 2.45. The molecule has 9 heteroatoms. The minimum atomic E-state index is -1.01. The number of amides is 1. The quantitative estimate of drug-likeness (QED) is 0.279. The van der Waals surface area contributed by atoms with Crippen molar-refractivity contribution in [3.63, 3.8) is 0 Å². The van der Waals surface area contributed by atoms with Crippen molar-refractivity contribution in [2.24, 2.45) is 0 Å². The van der Waals surface area contributed by atoms with Crippen LogP contribution in [-0.4, -0.2) is 36.1 Å². The Morgan fingerprint density at radius 2 is 1.62 bits per heavy atom. The standard InChI is InChI=1S/C25H19Cl2NO6/c1-33-19-12-18(27)20(34-2)11-17(19)23(30)21-22(13-6-8-16(29)9-7-13)28(25(32)24(21)31)15-5-3-4-14(26)10-15/h3-12,22,29-30H,1-2H3/b23-21+. The van der Waals surface area contributed by atoms with Crippen LogP contribution >= 0.6 is 23.2 Å². The van der Waals surface area contributed by atoms with Gasteiger partial charge in [0.25, 0.3) is 11.7 Å². The first-order valence-electron chi connectivity index (χ1n) is 10.0. The molecule has 4 rings (SSSR count). The van der Waals surface area contributed by atoms with Gasteiger partial charge in [-0.15, -0.1) is 0 Å². The molecule has 0 aromatic heterocycles. The molecule has 1 aliphatic rings. The number of aromatic hydroxyl groups is 1. The van der Waals surface area contributed by atoms with E-state index in [-0.39, 0.29) is 33.4 Å². The van der Waals surface area contributed by atoms with Gasteiger partial charge in [0.1, 0.15) is 23.0 Å². The number of rotatable bonds is 5. The zero-order chi connectivity index (χ0) is 24.6. The molecule has 0 aliphatic carbocycles. The first-order chi connectivity index (χ1) is 16.3. The van der Waals surface area contributed by atoms with E-state index in [1.807, 2.05) is 0 Å². The van der Waals surface area contributed by atoms with Gasteiger partial charge in [0.2, 0.25) is 0 Å². The molecular formula is C25H19Cl2NO6. The van der Waals surface area contributed by atoms with Crippen LogP contribution in [0, 0.1) is 0 Å². The Kier molecular flexibility index (Phi) is 6.41. The van der Waals surface area contributed by atoms with Gasteiger partial charge in [-0.3, -0.25) is 14.5 Å². The number of ketones is 1. The van der Waals surface area contributed by atoms with E-state index in [4.69, 9.17) is 32.7 Å². The summed E-state index contributed by atoms with van der Waals surface area (Å²) in [5, 5.41) is 21.7. The van der Waals surface area contributed by atoms with Crippen LogP contribution in [0.2, 0.25) is 10.0 Å². The number of phenols is 1. The Hall–Kier alpha value is -3.68. The summed E-state index contributed by atoms with van der Waals surface area (Å²) < 4.78 is 10.6. The molecule has 34 heavy (non-hydrogen) atoms.